The highest BCUT2D eigenvalue weighted by atomic mass is 35.5. The Morgan fingerprint density at radius 2 is 2.00 bits per heavy atom. The molecule has 0 saturated carbocycles. The third-order valence-corrected chi connectivity index (χ3v) is 3.00. The summed E-state index contributed by atoms with van der Waals surface area (Å²) in [5.74, 6) is 0.885. The van der Waals surface area contributed by atoms with Crippen molar-refractivity contribution in [3.63, 3.8) is 0 Å². The number of imidazole rings is 1. The van der Waals surface area contributed by atoms with Crippen molar-refractivity contribution in [3.05, 3.63) is 23.7 Å². The van der Waals surface area contributed by atoms with Gasteiger partial charge in [-0.15, -0.1) is 11.6 Å². The molecule has 1 unspecified atom stereocenters. The van der Waals surface area contributed by atoms with Crippen molar-refractivity contribution < 1.29 is 0 Å². The lowest BCUT2D eigenvalue weighted by molar-refractivity contribution is 0.392. The number of aryl methyl sites for hydroxylation is 1. The lowest BCUT2D eigenvalue weighted by Crippen LogP contribution is -2.24. The van der Waals surface area contributed by atoms with Gasteiger partial charge in [-0.05, 0) is 46.2 Å². The smallest absolute Gasteiger partial charge is 0.160 e. The minimum Gasteiger partial charge on any atom is -0.306 e. The highest BCUT2D eigenvalue weighted by Crippen LogP contribution is 2.30. The standard InChI is InChI=1S/C13H18ClN3/c1-8-6-7-15-12-10(8)16-11(9(2)14)17(12)13(3,4)5/h6-7,9H,1-5H3. The van der Waals surface area contributed by atoms with Crippen LogP contribution in [0.3, 0.4) is 0 Å². The van der Waals surface area contributed by atoms with E-state index < -0.39 is 0 Å². The first-order valence-corrected chi connectivity index (χ1v) is 6.24. The first-order valence-electron chi connectivity index (χ1n) is 5.81. The van der Waals surface area contributed by atoms with Crippen molar-refractivity contribution in [3.8, 4) is 0 Å². The van der Waals surface area contributed by atoms with Crippen molar-refractivity contribution in [2.45, 2.75) is 45.5 Å². The summed E-state index contributed by atoms with van der Waals surface area (Å²) in [6.07, 6.45) is 1.82. The Balaban J connectivity index is 2.86. The first-order chi connectivity index (χ1) is 7.82. The Labute approximate surface area is 107 Å². The number of pyridine rings is 1. The van der Waals surface area contributed by atoms with Gasteiger partial charge in [-0.25, -0.2) is 9.97 Å². The van der Waals surface area contributed by atoms with Crippen LogP contribution in [0.1, 0.15) is 44.5 Å². The summed E-state index contributed by atoms with van der Waals surface area (Å²) in [4.78, 5) is 9.10. The molecule has 0 aliphatic rings. The Hall–Kier alpha value is -1.09. The van der Waals surface area contributed by atoms with E-state index in [1.165, 1.54) is 0 Å². The largest absolute Gasteiger partial charge is 0.306 e. The molecule has 92 valence electrons. The lowest BCUT2D eigenvalue weighted by atomic mass is 10.1. The van der Waals surface area contributed by atoms with Crippen molar-refractivity contribution in [2.75, 3.05) is 0 Å². The van der Waals surface area contributed by atoms with Gasteiger partial charge in [0.1, 0.15) is 11.3 Å². The zero-order chi connectivity index (χ0) is 12.8. The SMILES string of the molecule is Cc1ccnc2c1nc(C(C)Cl)n2C(C)(C)C. The molecule has 17 heavy (non-hydrogen) atoms. The first kappa shape index (κ1) is 12.4. The van der Waals surface area contributed by atoms with Crippen LogP contribution in [0.5, 0.6) is 0 Å². The molecule has 0 aliphatic heterocycles. The van der Waals surface area contributed by atoms with Crippen LogP contribution in [0.15, 0.2) is 12.3 Å². The summed E-state index contributed by atoms with van der Waals surface area (Å²) in [5, 5.41) is -0.122. The van der Waals surface area contributed by atoms with Gasteiger partial charge < -0.3 is 4.57 Å². The number of nitrogens with zero attached hydrogens (tertiary/aromatic N) is 3. The minimum absolute atomic E-state index is 0.0754. The van der Waals surface area contributed by atoms with E-state index in [2.05, 4.69) is 35.3 Å². The molecule has 0 saturated heterocycles. The minimum atomic E-state index is -0.122. The predicted molar refractivity (Wildman–Crippen MR) is 71.5 cm³/mol. The molecule has 0 fully saturated rings. The quantitative estimate of drug-likeness (QED) is 0.722. The summed E-state index contributed by atoms with van der Waals surface area (Å²) in [6.45, 7) is 10.4. The predicted octanol–water partition coefficient (Wildman–Crippen LogP) is 3.79. The van der Waals surface area contributed by atoms with Gasteiger partial charge >= 0.3 is 0 Å². The van der Waals surface area contributed by atoms with Crippen LogP contribution >= 0.6 is 11.6 Å². The Morgan fingerprint density at radius 3 is 2.53 bits per heavy atom. The fourth-order valence-corrected chi connectivity index (χ4v) is 2.19. The molecular weight excluding hydrogens is 234 g/mol. The molecule has 0 amide bonds. The number of hydrogen-bond donors (Lipinski definition) is 0. The normalized spacial score (nSPS) is 14.2. The van der Waals surface area contributed by atoms with E-state index in [1.54, 1.807) is 0 Å². The fourth-order valence-electron chi connectivity index (χ4n) is 2.04. The maximum atomic E-state index is 6.23. The van der Waals surface area contributed by atoms with E-state index in [9.17, 15) is 0 Å². The molecule has 0 radical (unpaired) electrons. The number of rotatable bonds is 1. The zero-order valence-corrected chi connectivity index (χ0v) is 11.7. The second kappa shape index (κ2) is 3.98. The van der Waals surface area contributed by atoms with Crippen molar-refractivity contribution in [1.82, 2.24) is 14.5 Å². The van der Waals surface area contributed by atoms with Crippen LogP contribution < -0.4 is 0 Å². The molecule has 0 aliphatic carbocycles. The lowest BCUT2D eigenvalue weighted by Gasteiger charge is -2.24. The third kappa shape index (κ3) is 2.04. The summed E-state index contributed by atoms with van der Waals surface area (Å²) in [6, 6.07) is 1.98. The molecule has 1 atom stereocenters. The fraction of sp³-hybridized carbons (Fsp3) is 0.538. The van der Waals surface area contributed by atoms with E-state index in [4.69, 9.17) is 11.6 Å². The van der Waals surface area contributed by atoms with Gasteiger partial charge in [0.15, 0.2) is 5.65 Å². The number of halogens is 1. The maximum Gasteiger partial charge on any atom is 0.160 e. The average Bonchev–Trinajstić information content (AvgIpc) is 2.57. The molecule has 0 aromatic carbocycles. The summed E-state index contributed by atoms with van der Waals surface area (Å²) >= 11 is 6.23. The molecule has 2 aromatic rings. The van der Waals surface area contributed by atoms with Gasteiger partial charge in [0.25, 0.3) is 0 Å². The summed E-state index contributed by atoms with van der Waals surface area (Å²) < 4.78 is 2.13. The van der Waals surface area contributed by atoms with E-state index in [1.807, 2.05) is 26.1 Å². The summed E-state index contributed by atoms with van der Waals surface area (Å²) in [7, 11) is 0. The Kier molecular flexibility index (Phi) is 2.90. The second-order valence-electron chi connectivity index (χ2n) is 5.39. The van der Waals surface area contributed by atoms with Gasteiger partial charge in [-0.1, -0.05) is 0 Å². The number of fused-ring (bicyclic) bond motifs is 1. The third-order valence-electron chi connectivity index (χ3n) is 2.80. The van der Waals surface area contributed by atoms with E-state index in [-0.39, 0.29) is 10.9 Å². The number of hydrogen-bond acceptors (Lipinski definition) is 2. The summed E-state index contributed by atoms with van der Waals surface area (Å²) in [5.41, 5.74) is 2.93. The number of alkyl halides is 1. The zero-order valence-electron chi connectivity index (χ0n) is 11.0. The molecule has 4 heteroatoms. The Morgan fingerprint density at radius 1 is 1.35 bits per heavy atom. The second-order valence-corrected chi connectivity index (χ2v) is 6.05. The molecule has 2 rings (SSSR count). The molecule has 0 N–H and O–H groups in total. The van der Waals surface area contributed by atoms with Crippen molar-refractivity contribution >= 4 is 22.8 Å². The maximum absolute atomic E-state index is 6.23. The molecule has 2 aromatic heterocycles. The highest BCUT2D eigenvalue weighted by molar-refractivity contribution is 6.20. The van der Waals surface area contributed by atoms with Gasteiger partial charge in [-0.2, -0.15) is 0 Å². The topological polar surface area (TPSA) is 30.7 Å². The van der Waals surface area contributed by atoms with Gasteiger partial charge in [-0.3, -0.25) is 0 Å². The van der Waals surface area contributed by atoms with Crippen LogP contribution in [0.4, 0.5) is 0 Å². The Bertz CT molecular complexity index is 550. The van der Waals surface area contributed by atoms with E-state index in [0.29, 0.717) is 0 Å². The molecule has 0 spiro atoms. The van der Waals surface area contributed by atoms with Crippen LogP contribution in [0, 0.1) is 6.92 Å². The van der Waals surface area contributed by atoms with Crippen LogP contribution in [-0.2, 0) is 5.54 Å². The highest BCUT2D eigenvalue weighted by Gasteiger charge is 2.24. The van der Waals surface area contributed by atoms with E-state index in [0.717, 1.165) is 22.6 Å². The van der Waals surface area contributed by atoms with Gasteiger partial charge in [0, 0.05) is 11.7 Å². The van der Waals surface area contributed by atoms with Gasteiger partial charge in [0.2, 0.25) is 0 Å². The molecular formula is C13H18ClN3. The molecule has 3 nitrogen and oxygen atoms in total. The average molecular weight is 252 g/mol. The van der Waals surface area contributed by atoms with Crippen LogP contribution in [0.25, 0.3) is 11.2 Å². The van der Waals surface area contributed by atoms with Crippen molar-refractivity contribution in [1.29, 1.82) is 0 Å². The van der Waals surface area contributed by atoms with Crippen molar-refractivity contribution in [2.24, 2.45) is 0 Å². The van der Waals surface area contributed by atoms with E-state index >= 15 is 0 Å². The molecule has 0 bridgehead atoms. The van der Waals surface area contributed by atoms with Crippen LogP contribution in [0.2, 0.25) is 0 Å². The van der Waals surface area contributed by atoms with Crippen LogP contribution in [-0.4, -0.2) is 14.5 Å². The number of aromatic nitrogens is 3. The van der Waals surface area contributed by atoms with Gasteiger partial charge in [0.05, 0.1) is 5.38 Å². The monoisotopic (exact) mass is 251 g/mol. The molecule has 2 heterocycles.